The Balaban J connectivity index is 1.68. The van der Waals surface area contributed by atoms with E-state index in [0.29, 0.717) is 5.69 Å². The topological polar surface area (TPSA) is 63.5 Å². The van der Waals surface area contributed by atoms with Crippen molar-refractivity contribution in [2.24, 2.45) is 0 Å². The van der Waals surface area contributed by atoms with E-state index in [1.165, 1.54) is 6.26 Å². The summed E-state index contributed by atoms with van der Waals surface area (Å²) < 4.78 is 10.4. The standard InChI is InChI=1S/C18H16N2O3/c1-22-16-6-3-2-5-15(16)19-13-8-10-14(11-9-13)20-18(21)17-7-4-12-23-17/h2-12,19H,1H3,(H,20,21). The van der Waals surface area contributed by atoms with Gasteiger partial charge >= 0.3 is 0 Å². The number of rotatable bonds is 5. The summed E-state index contributed by atoms with van der Waals surface area (Å²) in [5, 5.41) is 6.05. The molecule has 0 unspecified atom stereocenters. The first kappa shape index (κ1) is 14.7. The lowest BCUT2D eigenvalue weighted by atomic mass is 10.2. The normalized spacial score (nSPS) is 10.1. The van der Waals surface area contributed by atoms with Gasteiger partial charge in [-0.25, -0.2) is 0 Å². The largest absolute Gasteiger partial charge is 0.495 e. The molecule has 1 heterocycles. The molecule has 3 aromatic rings. The van der Waals surface area contributed by atoms with Gasteiger partial charge < -0.3 is 19.8 Å². The van der Waals surface area contributed by atoms with Crippen LogP contribution in [0.2, 0.25) is 0 Å². The van der Waals surface area contributed by atoms with Crippen molar-refractivity contribution >= 4 is 23.0 Å². The number of methoxy groups -OCH3 is 1. The molecule has 3 rings (SSSR count). The van der Waals surface area contributed by atoms with E-state index in [-0.39, 0.29) is 11.7 Å². The third kappa shape index (κ3) is 3.52. The molecule has 5 nitrogen and oxygen atoms in total. The zero-order valence-corrected chi connectivity index (χ0v) is 12.6. The van der Waals surface area contributed by atoms with Gasteiger partial charge in [0, 0.05) is 11.4 Å². The Morgan fingerprint density at radius 2 is 1.70 bits per heavy atom. The Bertz CT molecular complexity index is 780. The highest BCUT2D eigenvalue weighted by Crippen LogP contribution is 2.27. The van der Waals surface area contributed by atoms with Crippen molar-refractivity contribution in [1.29, 1.82) is 0 Å². The predicted molar refractivity (Wildman–Crippen MR) is 89.4 cm³/mol. The lowest BCUT2D eigenvalue weighted by Gasteiger charge is -2.11. The number of ether oxygens (including phenoxy) is 1. The van der Waals surface area contributed by atoms with Crippen LogP contribution in [0.4, 0.5) is 17.1 Å². The van der Waals surface area contributed by atoms with E-state index < -0.39 is 0 Å². The molecule has 0 saturated carbocycles. The van der Waals surface area contributed by atoms with Gasteiger partial charge in [0.05, 0.1) is 19.1 Å². The summed E-state index contributed by atoms with van der Waals surface area (Å²) in [4.78, 5) is 11.9. The van der Waals surface area contributed by atoms with Gasteiger partial charge in [0.2, 0.25) is 0 Å². The molecule has 5 heteroatoms. The lowest BCUT2D eigenvalue weighted by molar-refractivity contribution is 0.0996. The Morgan fingerprint density at radius 3 is 2.39 bits per heavy atom. The number of hydrogen-bond acceptors (Lipinski definition) is 4. The molecule has 0 atom stereocenters. The highest BCUT2D eigenvalue weighted by molar-refractivity contribution is 6.02. The predicted octanol–water partition coefficient (Wildman–Crippen LogP) is 4.28. The summed E-state index contributed by atoms with van der Waals surface area (Å²) >= 11 is 0. The zero-order chi connectivity index (χ0) is 16.1. The molecule has 0 aliphatic carbocycles. The van der Waals surface area contributed by atoms with Crippen molar-refractivity contribution in [2.75, 3.05) is 17.7 Å². The summed E-state index contributed by atoms with van der Waals surface area (Å²) in [6.07, 6.45) is 1.47. The highest BCUT2D eigenvalue weighted by atomic mass is 16.5. The third-order valence-corrected chi connectivity index (χ3v) is 3.27. The average Bonchev–Trinajstić information content (AvgIpc) is 3.12. The van der Waals surface area contributed by atoms with Crippen molar-refractivity contribution in [3.05, 3.63) is 72.7 Å². The maximum atomic E-state index is 11.9. The first-order valence-corrected chi connectivity index (χ1v) is 7.11. The Labute approximate surface area is 133 Å². The molecule has 0 spiro atoms. The van der Waals surface area contributed by atoms with Gasteiger partial charge in [0.25, 0.3) is 5.91 Å². The maximum Gasteiger partial charge on any atom is 0.291 e. The molecule has 1 amide bonds. The van der Waals surface area contributed by atoms with Gasteiger partial charge in [-0.2, -0.15) is 0 Å². The quantitative estimate of drug-likeness (QED) is 0.738. The molecule has 2 aromatic carbocycles. The smallest absolute Gasteiger partial charge is 0.291 e. The molecular weight excluding hydrogens is 292 g/mol. The van der Waals surface area contributed by atoms with Crippen LogP contribution in [-0.4, -0.2) is 13.0 Å². The fourth-order valence-electron chi connectivity index (χ4n) is 2.14. The van der Waals surface area contributed by atoms with Crippen LogP contribution in [0.15, 0.2) is 71.3 Å². The number of carbonyl (C=O) groups is 1. The molecule has 0 aliphatic rings. The molecule has 0 saturated heterocycles. The first-order valence-electron chi connectivity index (χ1n) is 7.11. The number of benzene rings is 2. The van der Waals surface area contributed by atoms with Gasteiger partial charge in [-0.15, -0.1) is 0 Å². The summed E-state index contributed by atoms with van der Waals surface area (Å²) in [5.74, 6) is 0.768. The number of anilines is 3. The van der Waals surface area contributed by atoms with E-state index in [2.05, 4.69) is 10.6 Å². The second kappa shape index (κ2) is 6.70. The molecule has 0 fully saturated rings. The van der Waals surface area contributed by atoms with E-state index in [4.69, 9.17) is 9.15 Å². The van der Waals surface area contributed by atoms with Crippen molar-refractivity contribution < 1.29 is 13.9 Å². The number of para-hydroxylation sites is 2. The molecule has 0 aliphatic heterocycles. The molecule has 0 radical (unpaired) electrons. The number of furan rings is 1. The molecule has 2 N–H and O–H groups in total. The lowest BCUT2D eigenvalue weighted by Crippen LogP contribution is -2.10. The minimum Gasteiger partial charge on any atom is -0.495 e. The maximum absolute atomic E-state index is 11.9. The number of carbonyl (C=O) groups excluding carboxylic acids is 1. The van der Waals surface area contributed by atoms with Crippen molar-refractivity contribution in [2.45, 2.75) is 0 Å². The van der Waals surface area contributed by atoms with Crippen LogP contribution in [0.5, 0.6) is 5.75 Å². The molecular formula is C18H16N2O3. The van der Waals surface area contributed by atoms with Crippen LogP contribution in [0.1, 0.15) is 10.6 Å². The number of nitrogens with one attached hydrogen (secondary N) is 2. The van der Waals surface area contributed by atoms with E-state index in [1.807, 2.05) is 48.5 Å². The van der Waals surface area contributed by atoms with Crippen molar-refractivity contribution in [1.82, 2.24) is 0 Å². The van der Waals surface area contributed by atoms with Gasteiger partial charge in [-0.1, -0.05) is 12.1 Å². The minimum atomic E-state index is -0.277. The Kier molecular flexibility index (Phi) is 4.29. The van der Waals surface area contributed by atoms with Crippen LogP contribution >= 0.6 is 0 Å². The van der Waals surface area contributed by atoms with Crippen molar-refractivity contribution in [3.8, 4) is 5.75 Å². The summed E-state index contributed by atoms with van der Waals surface area (Å²) in [5.41, 5.74) is 2.46. The second-order valence-electron chi connectivity index (χ2n) is 4.83. The molecule has 1 aromatic heterocycles. The fourth-order valence-corrected chi connectivity index (χ4v) is 2.14. The monoisotopic (exact) mass is 308 g/mol. The number of hydrogen-bond donors (Lipinski definition) is 2. The first-order chi connectivity index (χ1) is 11.3. The SMILES string of the molecule is COc1ccccc1Nc1ccc(NC(=O)c2ccco2)cc1. The molecule has 116 valence electrons. The van der Waals surface area contributed by atoms with Crippen LogP contribution < -0.4 is 15.4 Å². The summed E-state index contributed by atoms with van der Waals surface area (Å²) in [6.45, 7) is 0. The van der Waals surface area contributed by atoms with Gasteiger partial charge in [-0.3, -0.25) is 4.79 Å². The Hall–Kier alpha value is -3.21. The highest BCUT2D eigenvalue weighted by Gasteiger charge is 2.08. The zero-order valence-electron chi connectivity index (χ0n) is 12.6. The van der Waals surface area contributed by atoms with Crippen LogP contribution in [-0.2, 0) is 0 Å². The van der Waals surface area contributed by atoms with Crippen LogP contribution in [0.3, 0.4) is 0 Å². The summed E-state index contributed by atoms with van der Waals surface area (Å²) in [6, 6.07) is 18.4. The van der Waals surface area contributed by atoms with E-state index >= 15 is 0 Å². The van der Waals surface area contributed by atoms with Crippen molar-refractivity contribution in [3.63, 3.8) is 0 Å². The van der Waals surface area contributed by atoms with E-state index in [0.717, 1.165) is 17.1 Å². The Morgan fingerprint density at radius 1 is 0.957 bits per heavy atom. The van der Waals surface area contributed by atoms with E-state index in [9.17, 15) is 4.79 Å². The van der Waals surface area contributed by atoms with Crippen LogP contribution in [0.25, 0.3) is 0 Å². The number of amides is 1. The van der Waals surface area contributed by atoms with Crippen LogP contribution in [0, 0.1) is 0 Å². The second-order valence-corrected chi connectivity index (χ2v) is 4.83. The fraction of sp³-hybridized carbons (Fsp3) is 0.0556. The third-order valence-electron chi connectivity index (χ3n) is 3.27. The minimum absolute atomic E-state index is 0.277. The van der Waals surface area contributed by atoms with Gasteiger partial charge in [0.1, 0.15) is 5.75 Å². The molecule has 0 bridgehead atoms. The summed E-state index contributed by atoms with van der Waals surface area (Å²) in [7, 11) is 1.63. The molecule has 23 heavy (non-hydrogen) atoms. The van der Waals surface area contributed by atoms with Gasteiger partial charge in [-0.05, 0) is 48.5 Å². The van der Waals surface area contributed by atoms with E-state index in [1.54, 1.807) is 19.2 Å². The van der Waals surface area contributed by atoms with Gasteiger partial charge in [0.15, 0.2) is 5.76 Å². The average molecular weight is 308 g/mol.